The molecule has 0 atom stereocenters. The Balaban J connectivity index is 2.21. The number of sulfonamides is 1. The quantitative estimate of drug-likeness (QED) is 0.851. The summed E-state index contributed by atoms with van der Waals surface area (Å²) in [7, 11) is -3.68. The highest BCUT2D eigenvalue weighted by molar-refractivity contribution is 7.91. The van der Waals surface area contributed by atoms with Crippen LogP contribution in [0.4, 0.5) is 15.8 Å². The lowest BCUT2D eigenvalue weighted by molar-refractivity contribution is 0.597. The first-order chi connectivity index (χ1) is 9.37. The van der Waals surface area contributed by atoms with Gasteiger partial charge in [-0.3, -0.25) is 4.72 Å². The highest BCUT2D eigenvalue weighted by atomic mass is 32.2. The minimum Gasteiger partial charge on any atom is -0.399 e. The van der Waals surface area contributed by atoms with Crippen molar-refractivity contribution in [2.45, 2.75) is 12.7 Å². The van der Waals surface area contributed by atoms with Gasteiger partial charge in [0.25, 0.3) is 0 Å². The van der Waals surface area contributed by atoms with Crippen LogP contribution in [-0.4, -0.2) is 8.42 Å². The summed E-state index contributed by atoms with van der Waals surface area (Å²) in [5.74, 6) is -0.827. The van der Waals surface area contributed by atoms with E-state index < -0.39 is 15.8 Å². The van der Waals surface area contributed by atoms with Crippen molar-refractivity contribution in [3.63, 3.8) is 0 Å². The fourth-order valence-electron chi connectivity index (χ4n) is 1.79. The summed E-state index contributed by atoms with van der Waals surface area (Å²) in [6.07, 6.45) is 0. The van der Waals surface area contributed by atoms with Crippen LogP contribution in [0.2, 0.25) is 0 Å². The molecule has 3 N–H and O–H groups in total. The summed E-state index contributed by atoms with van der Waals surface area (Å²) < 4.78 is 40.0. The average Bonchev–Trinajstić information content (AvgIpc) is 2.37. The number of nitrogen functional groups attached to an aromatic ring is 1. The zero-order valence-electron chi connectivity index (χ0n) is 10.9. The second-order valence-electron chi connectivity index (χ2n) is 4.53. The van der Waals surface area contributed by atoms with Gasteiger partial charge >= 0.3 is 0 Å². The highest BCUT2D eigenvalue weighted by Gasteiger charge is 2.15. The summed E-state index contributed by atoms with van der Waals surface area (Å²) >= 11 is 0. The number of hydrogen-bond donors (Lipinski definition) is 2. The highest BCUT2D eigenvalue weighted by Crippen LogP contribution is 2.21. The third kappa shape index (κ3) is 3.48. The Morgan fingerprint density at radius 2 is 1.80 bits per heavy atom. The van der Waals surface area contributed by atoms with Gasteiger partial charge in [-0.05, 0) is 36.2 Å². The predicted octanol–water partition coefficient (Wildman–Crippen LogP) is 2.66. The van der Waals surface area contributed by atoms with Crippen LogP contribution in [0.15, 0.2) is 42.5 Å². The maximum atomic E-state index is 13.6. The van der Waals surface area contributed by atoms with Gasteiger partial charge in [0.15, 0.2) is 0 Å². The van der Waals surface area contributed by atoms with E-state index in [-0.39, 0.29) is 11.4 Å². The van der Waals surface area contributed by atoms with Crippen LogP contribution in [0.25, 0.3) is 0 Å². The molecular weight excluding hydrogens is 279 g/mol. The van der Waals surface area contributed by atoms with E-state index in [9.17, 15) is 12.8 Å². The fraction of sp³-hybridized carbons (Fsp3) is 0.143. The molecule has 0 heterocycles. The number of benzene rings is 2. The molecule has 0 bridgehead atoms. The van der Waals surface area contributed by atoms with Crippen molar-refractivity contribution in [3.05, 3.63) is 59.4 Å². The molecule has 0 radical (unpaired) electrons. The van der Waals surface area contributed by atoms with Gasteiger partial charge in [-0.1, -0.05) is 24.3 Å². The molecule has 2 aromatic rings. The van der Waals surface area contributed by atoms with E-state index in [4.69, 9.17) is 5.73 Å². The average molecular weight is 294 g/mol. The minimum absolute atomic E-state index is 0.0112. The molecule has 0 fully saturated rings. The zero-order chi connectivity index (χ0) is 14.8. The van der Waals surface area contributed by atoms with Gasteiger partial charge < -0.3 is 5.73 Å². The molecule has 0 spiro atoms. The summed E-state index contributed by atoms with van der Waals surface area (Å²) in [5, 5.41) is 0. The molecule has 0 aliphatic rings. The normalized spacial score (nSPS) is 11.3. The summed E-state index contributed by atoms with van der Waals surface area (Å²) in [6, 6.07) is 10.9. The van der Waals surface area contributed by atoms with Crippen LogP contribution in [0, 0.1) is 12.7 Å². The molecule has 106 valence electrons. The molecule has 2 aromatic carbocycles. The SMILES string of the molecule is Cc1cccc(F)c1NS(=O)(=O)Cc1ccc(N)cc1. The fourth-order valence-corrected chi connectivity index (χ4v) is 3.06. The molecule has 0 unspecified atom stereocenters. The van der Waals surface area contributed by atoms with Crippen molar-refractivity contribution in [1.29, 1.82) is 0 Å². The second kappa shape index (κ2) is 5.50. The first-order valence-electron chi connectivity index (χ1n) is 5.97. The number of anilines is 2. The molecule has 2 rings (SSSR count). The molecule has 0 aromatic heterocycles. The number of para-hydroxylation sites is 1. The van der Waals surface area contributed by atoms with Gasteiger partial charge in [0.05, 0.1) is 11.4 Å². The monoisotopic (exact) mass is 294 g/mol. The Morgan fingerprint density at radius 3 is 2.40 bits per heavy atom. The largest absolute Gasteiger partial charge is 0.399 e. The Bertz CT molecular complexity index is 692. The van der Waals surface area contributed by atoms with Gasteiger partial charge in [0.2, 0.25) is 10.0 Å². The third-order valence-corrected chi connectivity index (χ3v) is 4.04. The van der Waals surface area contributed by atoms with Crippen LogP contribution in [0.1, 0.15) is 11.1 Å². The molecule has 20 heavy (non-hydrogen) atoms. The van der Waals surface area contributed by atoms with Crippen LogP contribution in [0.3, 0.4) is 0 Å². The van der Waals surface area contributed by atoms with Crippen molar-refractivity contribution < 1.29 is 12.8 Å². The summed E-state index contributed by atoms with van der Waals surface area (Å²) in [5.41, 5.74) is 7.20. The van der Waals surface area contributed by atoms with Gasteiger partial charge in [-0.25, -0.2) is 12.8 Å². The van der Waals surface area contributed by atoms with E-state index in [1.165, 1.54) is 12.1 Å². The van der Waals surface area contributed by atoms with Crippen LogP contribution < -0.4 is 10.5 Å². The van der Waals surface area contributed by atoms with Crippen molar-refractivity contribution in [2.24, 2.45) is 0 Å². The van der Waals surface area contributed by atoms with Crippen molar-refractivity contribution in [3.8, 4) is 0 Å². The predicted molar refractivity (Wildman–Crippen MR) is 78.2 cm³/mol. The van der Waals surface area contributed by atoms with E-state index in [0.717, 1.165) is 0 Å². The maximum absolute atomic E-state index is 13.6. The second-order valence-corrected chi connectivity index (χ2v) is 6.26. The van der Waals surface area contributed by atoms with E-state index in [1.807, 2.05) is 0 Å². The number of nitrogens with two attached hydrogens (primary N) is 1. The standard InChI is InChI=1S/C14H15FN2O2S/c1-10-3-2-4-13(15)14(10)17-20(18,19)9-11-5-7-12(16)8-6-11/h2-8,17H,9,16H2,1H3. The number of rotatable bonds is 4. The van der Waals surface area contributed by atoms with Crippen LogP contribution >= 0.6 is 0 Å². The third-order valence-electron chi connectivity index (χ3n) is 2.82. The molecular formula is C14H15FN2O2S. The maximum Gasteiger partial charge on any atom is 0.237 e. The van der Waals surface area contributed by atoms with Crippen molar-refractivity contribution in [2.75, 3.05) is 10.5 Å². The molecule has 6 heteroatoms. The molecule has 4 nitrogen and oxygen atoms in total. The van der Waals surface area contributed by atoms with E-state index in [0.29, 0.717) is 16.8 Å². The lowest BCUT2D eigenvalue weighted by atomic mass is 10.2. The van der Waals surface area contributed by atoms with Crippen molar-refractivity contribution >= 4 is 21.4 Å². The van der Waals surface area contributed by atoms with Crippen molar-refractivity contribution in [1.82, 2.24) is 0 Å². The first kappa shape index (κ1) is 14.3. The topological polar surface area (TPSA) is 72.2 Å². The molecule has 0 aliphatic carbocycles. The molecule has 0 saturated heterocycles. The lowest BCUT2D eigenvalue weighted by Gasteiger charge is -2.11. The summed E-state index contributed by atoms with van der Waals surface area (Å²) in [6.45, 7) is 1.64. The van der Waals surface area contributed by atoms with Crippen LogP contribution in [0.5, 0.6) is 0 Å². The van der Waals surface area contributed by atoms with Gasteiger partial charge in [-0.2, -0.15) is 0 Å². The van der Waals surface area contributed by atoms with E-state index >= 15 is 0 Å². The number of nitrogens with one attached hydrogen (secondary N) is 1. The minimum atomic E-state index is -3.68. The lowest BCUT2D eigenvalue weighted by Crippen LogP contribution is -2.16. The Labute approximate surface area is 117 Å². The number of hydrogen-bond acceptors (Lipinski definition) is 3. The molecule has 0 aliphatic heterocycles. The first-order valence-corrected chi connectivity index (χ1v) is 7.62. The Morgan fingerprint density at radius 1 is 1.15 bits per heavy atom. The zero-order valence-corrected chi connectivity index (χ0v) is 11.7. The van der Waals surface area contributed by atoms with Gasteiger partial charge in [0.1, 0.15) is 5.82 Å². The smallest absolute Gasteiger partial charge is 0.237 e. The van der Waals surface area contributed by atoms with Gasteiger partial charge in [0, 0.05) is 5.69 Å². The van der Waals surface area contributed by atoms with Gasteiger partial charge in [-0.15, -0.1) is 0 Å². The number of aryl methyl sites for hydroxylation is 1. The Kier molecular flexibility index (Phi) is 3.94. The molecule has 0 amide bonds. The van der Waals surface area contributed by atoms with Crippen LogP contribution in [-0.2, 0) is 15.8 Å². The van der Waals surface area contributed by atoms with E-state index in [2.05, 4.69) is 4.72 Å². The molecule has 0 saturated carbocycles. The Hall–Kier alpha value is -2.08. The number of halogens is 1. The summed E-state index contributed by atoms with van der Waals surface area (Å²) in [4.78, 5) is 0. The van der Waals surface area contributed by atoms with E-state index in [1.54, 1.807) is 37.3 Å².